The van der Waals surface area contributed by atoms with Crippen molar-refractivity contribution >= 4 is 29.0 Å². The van der Waals surface area contributed by atoms with Crippen molar-refractivity contribution in [1.82, 2.24) is 20.1 Å². The maximum absolute atomic E-state index is 12.2. The van der Waals surface area contributed by atoms with Crippen LogP contribution in [0.4, 0.5) is 0 Å². The van der Waals surface area contributed by atoms with Crippen LogP contribution < -0.4 is 5.32 Å². The lowest BCUT2D eigenvalue weighted by Crippen LogP contribution is -2.36. The van der Waals surface area contributed by atoms with E-state index in [1.807, 2.05) is 24.3 Å². The Morgan fingerprint density at radius 1 is 1.10 bits per heavy atom. The zero-order chi connectivity index (χ0) is 19.9. The van der Waals surface area contributed by atoms with Gasteiger partial charge in [0.1, 0.15) is 0 Å². The molecule has 2 aromatic heterocycles. The van der Waals surface area contributed by atoms with Gasteiger partial charge in [-0.25, -0.2) is 0 Å². The van der Waals surface area contributed by atoms with Gasteiger partial charge >= 0.3 is 0 Å². The van der Waals surface area contributed by atoms with Crippen LogP contribution >= 0.6 is 23.1 Å². The summed E-state index contributed by atoms with van der Waals surface area (Å²) in [6.07, 6.45) is 7.45. The van der Waals surface area contributed by atoms with E-state index >= 15 is 0 Å². The van der Waals surface area contributed by atoms with Gasteiger partial charge in [-0.2, -0.15) is 0 Å². The molecule has 0 aliphatic heterocycles. The third-order valence-corrected chi connectivity index (χ3v) is 7.02. The number of benzene rings is 1. The lowest BCUT2D eigenvalue weighted by molar-refractivity contribution is -0.122. The van der Waals surface area contributed by atoms with Gasteiger partial charge in [-0.15, -0.1) is 21.5 Å². The summed E-state index contributed by atoms with van der Waals surface area (Å²) in [5.74, 6) is 1.89. The Morgan fingerprint density at radius 3 is 2.69 bits per heavy atom. The summed E-state index contributed by atoms with van der Waals surface area (Å²) in [5, 5.41) is 15.0. The minimum Gasteiger partial charge on any atom is -0.353 e. The minimum atomic E-state index is 0.182. The number of hydrogen-bond acceptors (Lipinski definition) is 5. The molecule has 0 unspecified atom stereocenters. The van der Waals surface area contributed by atoms with Crippen molar-refractivity contribution in [3.63, 3.8) is 0 Å². The maximum atomic E-state index is 12.2. The molecule has 5 nitrogen and oxygen atoms in total. The molecule has 152 valence electrons. The fourth-order valence-electron chi connectivity index (χ4n) is 3.68. The van der Waals surface area contributed by atoms with Crippen LogP contribution in [-0.4, -0.2) is 32.5 Å². The third-order valence-electron chi connectivity index (χ3n) is 5.14. The van der Waals surface area contributed by atoms with Gasteiger partial charge in [0.25, 0.3) is 0 Å². The third kappa shape index (κ3) is 5.28. The molecule has 0 atom stereocenters. The molecule has 0 saturated heterocycles. The molecule has 7 heteroatoms. The van der Waals surface area contributed by atoms with Crippen molar-refractivity contribution in [3.8, 4) is 16.4 Å². The van der Waals surface area contributed by atoms with Gasteiger partial charge in [0.05, 0.1) is 4.88 Å². The predicted octanol–water partition coefficient (Wildman–Crippen LogP) is 5.32. The molecule has 1 aliphatic rings. The summed E-state index contributed by atoms with van der Waals surface area (Å²) in [4.78, 5) is 13.3. The number of rotatable bonds is 8. The highest BCUT2D eigenvalue weighted by atomic mass is 32.2. The van der Waals surface area contributed by atoms with E-state index in [0.29, 0.717) is 12.5 Å². The van der Waals surface area contributed by atoms with Gasteiger partial charge in [-0.05, 0) is 42.8 Å². The molecule has 4 rings (SSSR count). The number of thiophene rings is 1. The monoisotopic (exact) mass is 426 g/mol. The summed E-state index contributed by atoms with van der Waals surface area (Å²) in [7, 11) is 0. The summed E-state index contributed by atoms with van der Waals surface area (Å²) < 4.78 is 2.11. The van der Waals surface area contributed by atoms with Crippen molar-refractivity contribution in [2.75, 3.05) is 5.75 Å². The van der Waals surface area contributed by atoms with Gasteiger partial charge < -0.3 is 5.32 Å². The Balaban J connectivity index is 1.37. The number of nitrogens with zero attached hydrogens (tertiary/aromatic N) is 3. The second kappa shape index (κ2) is 10.1. The average Bonchev–Trinajstić information content (AvgIpc) is 3.42. The van der Waals surface area contributed by atoms with Crippen molar-refractivity contribution in [2.45, 2.75) is 56.1 Å². The Labute approximate surface area is 179 Å². The number of nitrogens with one attached hydrogen (secondary N) is 1. The normalized spacial score (nSPS) is 14.8. The van der Waals surface area contributed by atoms with Crippen LogP contribution in [0.15, 0.2) is 53.0 Å². The van der Waals surface area contributed by atoms with Crippen LogP contribution in [0.1, 0.15) is 44.9 Å². The molecule has 1 aliphatic carbocycles. The van der Waals surface area contributed by atoms with Crippen molar-refractivity contribution in [2.24, 2.45) is 0 Å². The smallest absolute Gasteiger partial charge is 0.220 e. The van der Waals surface area contributed by atoms with Crippen LogP contribution in [0, 0.1) is 0 Å². The van der Waals surface area contributed by atoms with Crippen LogP contribution in [0.25, 0.3) is 16.4 Å². The fraction of sp³-hybridized carbons (Fsp3) is 0.409. The Hall–Kier alpha value is -2.12. The molecular formula is C22H26N4OS2. The van der Waals surface area contributed by atoms with Gasteiger partial charge in [-0.3, -0.25) is 9.36 Å². The standard InChI is InChI=1S/C22H26N4OS2/c27-20(23-17-9-3-1-4-10-17)14-8-16-29-22-25-24-21(19-13-7-15-28-19)26(22)18-11-5-2-6-12-18/h2,5-7,11-13,15,17H,1,3-4,8-10,14,16H2,(H,23,27). The number of carbonyl (C=O) groups is 1. The van der Waals surface area contributed by atoms with Crippen LogP contribution in [-0.2, 0) is 4.79 Å². The summed E-state index contributed by atoms with van der Waals surface area (Å²) >= 11 is 3.32. The van der Waals surface area contributed by atoms with E-state index < -0.39 is 0 Å². The van der Waals surface area contributed by atoms with E-state index in [9.17, 15) is 4.79 Å². The van der Waals surface area contributed by atoms with Crippen molar-refractivity contribution in [1.29, 1.82) is 0 Å². The molecule has 1 fully saturated rings. The summed E-state index contributed by atoms with van der Waals surface area (Å²) in [6, 6.07) is 14.7. The molecule has 1 N–H and O–H groups in total. The van der Waals surface area contributed by atoms with Crippen LogP contribution in [0.2, 0.25) is 0 Å². The Bertz CT molecular complexity index is 902. The fourth-order valence-corrected chi connectivity index (χ4v) is 5.27. The molecular weight excluding hydrogens is 400 g/mol. The van der Waals surface area contributed by atoms with Gasteiger partial charge in [0, 0.05) is 23.9 Å². The molecule has 1 saturated carbocycles. The zero-order valence-electron chi connectivity index (χ0n) is 16.4. The number of carbonyl (C=O) groups excluding carboxylic acids is 1. The van der Waals surface area contributed by atoms with E-state index in [4.69, 9.17) is 0 Å². The van der Waals surface area contributed by atoms with Gasteiger partial charge in [0.2, 0.25) is 5.91 Å². The topological polar surface area (TPSA) is 59.8 Å². The quantitative estimate of drug-likeness (QED) is 0.391. The number of amides is 1. The molecule has 0 bridgehead atoms. The lowest BCUT2D eigenvalue weighted by atomic mass is 9.95. The van der Waals surface area contributed by atoms with Crippen LogP contribution in [0.3, 0.4) is 0 Å². The van der Waals surface area contributed by atoms with Crippen molar-refractivity contribution < 1.29 is 4.79 Å². The molecule has 0 radical (unpaired) electrons. The molecule has 29 heavy (non-hydrogen) atoms. The largest absolute Gasteiger partial charge is 0.353 e. The van der Waals surface area contributed by atoms with E-state index in [-0.39, 0.29) is 5.91 Å². The number of hydrogen-bond donors (Lipinski definition) is 1. The first kappa shape index (κ1) is 20.2. The second-order valence-electron chi connectivity index (χ2n) is 7.31. The number of thioether (sulfide) groups is 1. The number of para-hydroxylation sites is 1. The molecule has 1 amide bonds. The SMILES string of the molecule is O=C(CCCSc1nnc(-c2cccs2)n1-c1ccccc1)NC1CCCCC1. The summed E-state index contributed by atoms with van der Waals surface area (Å²) in [5.41, 5.74) is 1.05. The number of aromatic nitrogens is 3. The highest BCUT2D eigenvalue weighted by Crippen LogP contribution is 2.30. The lowest BCUT2D eigenvalue weighted by Gasteiger charge is -2.22. The average molecular weight is 427 g/mol. The first-order chi connectivity index (χ1) is 14.3. The van der Waals surface area contributed by atoms with Gasteiger partial charge in [-0.1, -0.05) is 55.3 Å². The van der Waals surface area contributed by atoms with E-state index in [1.165, 1.54) is 19.3 Å². The first-order valence-corrected chi connectivity index (χ1v) is 12.1. The second-order valence-corrected chi connectivity index (χ2v) is 9.32. The maximum Gasteiger partial charge on any atom is 0.220 e. The van der Waals surface area contributed by atoms with E-state index in [0.717, 1.165) is 46.6 Å². The molecule has 2 heterocycles. The predicted molar refractivity (Wildman–Crippen MR) is 120 cm³/mol. The molecule has 1 aromatic carbocycles. The van der Waals surface area contributed by atoms with Crippen LogP contribution in [0.5, 0.6) is 0 Å². The zero-order valence-corrected chi connectivity index (χ0v) is 18.1. The van der Waals surface area contributed by atoms with E-state index in [1.54, 1.807) is 23.1 Å². The minimum absolute atomic E-state index is 0.182. The Kier molecular flexibility index (Phi) is 7.00. The Morgan fingerprint density at radius 2 is 1.93 bits per heavy atom. The molecule has 0 spiro atoms. The highest BCUT2D eigenvalue weighted by Gasteiger charge is 2.18. The van der Waals surface area contributed by atoms with Gasteiger partial charge in [0.15, 0.2) is 11.0 Å². The highest BCUT2D eigenvalue weighted by molar-refractivity contribution is 7.99. The van der Waals surface area contributed by atoms with E-state index in [2.05, 4.69) is 43.7 Å². The molecule has 3 aromatic rings. The first-order valence-electron chi connectivity index (χ1n) is 10.3. The summed E-state index contributed by atoms with van der Waals surface area (Å²) in [6.45, 7) is 0. The van der Waals surface area contributed by atoms with Crippen molar-refractivity contribution in [3.05, 3.63) is 47.8 Å².